The lowest BCUT2D eigenvalue weighted by molar-refractivity contribution is -0.116. The van der Waals surface area contributed by atoms with Gasteiger partial charge in [0.25, 0.3) is 0 Å². The minimum atomic E-state index is -3.32. The summed E-state index contributed by atoms with van der Waals surface area (Å²) >= 11 is 0. The topological polar surface area (TPSA) is 57.7 Å². The van der Waals surface area contributed by atoms with E-state index in [1.165, 1.54) is 11.1 Å². The largest absolute Gasteiger partial charge is 0.307 e. The molecule has 0 unspecified atom stereocenters. The third-order valence-electron chi connectivity index (χ3n) is 5.01. The van der Waals surface area contributed by atoms with Crippen molar-refractivity contribution in [2.75, 3.05) is 36.5 Å². The molecule has 0 aromatic heterocycles. The van der Waals surface area contributed by atoms with Gasteiger partial charge in [-0.05, 0) is 38.6 Å². The van der Waals surface area contributed by atoms with Crippen molar-refractivity contribution in [1.29, 1.82) is 0 Å². The Labute approximate surface area is 138 Å². The van der Waals surface area contributed by atoms with Crippen molar-refractivity contribution in [1.82, 2.24) is 4.90 Å². The van der Waals surface area contributed by atoms with Crippen LogP contribution in [-0.4, -0.2) is 56.9 Å². The van der Waals surface area contributed by atoms with E-state index in [1.807, 2.05) is 19.1 Å². The van der Waals surface area contributed by atoms with Crippen LogP contribution in [0.4, 0.5) is 5.69 Å². The maximum absolute atomic E-state index is 12.7. The molecule has 0 aliphatic carbocycles. The summed E-state index contributed by atoms with van der Waals surface area (Å²) < 4.78 is 23.8. The van der Waals surface area contributed by atoms with Gasteiger partial charge in [-0.15, -0.1) is 0 Å². The van der Waals surface area contributed by atoms with E-state index in [1.54, 1.807) is 11.8 Å². The number of likely N-dealkylation sites (N-methyl/N-ethyl adjacent to an activating group) is 1. The molecular formula is C17H24N2O3S. The summed E-state index contributed by atoms with van der Waals surface area (Å²) in [4.78, 5) is 16.8. The van der Waals surface area contributed by atoms with Gasteiger partial charge in [0.05, 0.1) is 0 Å². The lowest BCUT2D eigenvalue weighted by Gasteiger charge is -2.36. The van der Waals surface area contributed by atoms with Crippen molar-refractivity contribution >= 4 is 21.4 Å². The highest BCUT2D eigenvalue weighted by atomic mass is 32.2. The summed E-state index contributed by atoms with van der Waals surface area (Å²) in [5.41, 5.74) is 3.26. The van der Waals surface area contributed by atoms with Gasteiger partial charge in [-0.25, -0.2) is 8.42 Å². The first kappa shape index (κ1) is 16.5. The fourth-order valence-corrected chi connectivity index (χ4v) is 4.48. The monoisotopic (exact) mass is 336 g/mol. The Kier molecular flexibility index (Phi) is 4.23. The van der Waals surface area contributed by atoms with Gasteiger partial charge < -0.3 is 9.80 Å². The van der Waals surface area contributed by atoms with Crippen LogP contribution in [0.25, 0.3) is 0 Å². The second-order valence-corrected chi connectivity index (χ2v) is 9.08. The zero-order valence-electron chi connectivity index (χ0n) is 13.9. The molecule has 1 amide bonds. The van der Waals surface area contributed by atoms with Crippen LogP contribution in [0.15, 0.2) is 18.2 Å². The Balaban J connectivity index is 1.99. The first-order valence-corrected chi connectivity index (χ1v) is 9.96. The molecule has 2 aliphatic heterocycles. The highest BCUT2D eigenvalue weighted by Gasteiger charge is 2.44. The summed E-state index contributed by atoms with van der Waals surface area (Å²) in [7, 11) is -1.22. The van der Waals surface area contributed by atoms with Crippen LogP contribution in [0.1, 0.15) is 30.4 Å². The van der Waals surface area contributed by atoms with E-state index in [0.29, 0.717) is 0 Å². The Bertz CT molecular complexity index is 729. The van der Waals surface area contributed by atoms with E-state index < -0.39 is 15.6 Å². The van der Waals surface area contributed by atoms with Crippen LogP contribution in [0.2, 0.25) is 0 Å². The normalized spacial score (nSPS) is 24.4. The third-order valence-corrected chi connectivity index (χ3v) is 6.57. The molecule has 1 aromatic carbocycles. The number of benzene rings is 1. The van der Waals surface area contributed by atoms with E-state index in [-0.39, 0.29) is 23.6 Å². The van der Waals surface area contributed by atoms with Crippen LogP contribution in [-0.2, 0) is 14.6 Å². The second kappa shape index (κ2) is 5.91. The number of anilines is 1. The van der Waals surface area contributed by atoms with Gasteiger partial charge in [-0.1, -0.05) is 24.6 Å². The summed E-state index contributed by atoms with van der Waals surface area (Å²) in [6, 6.07) is 6.20. The smallest absolute Gasteiger partial charge is 0.242 e. The molecule has 0 bridgehead atoms. The Hall–Kier alpha value is -1.40. The maximum atomic E-state index is 12.7. The minimum absolute atomic E-state index is 0.00413. The molecule has 0 spiro atoms. The molecule has 126 valence electrons. The summed E-state index contributed by atoms with van der Waals surface area (Å²) in [6.45, 7) is 5.47. The molecule has 1 saturated heterocycles. The molecule has 2 atom stereocenters. The number of piperidine rings is 1. The van der Waals surface area contributed by atoms with Crippen LogP contribution in [0, 0.1) is 6.92 Å². The molecule has 23 heavy (non-hydrogen) atoms. The van der Waals surface area contributed by atoms with Crippen LogP contribution in [0.3, 0.4) is 0 Å². The van der Waals surface area contributed by atoms with Crippen molar-refractivity contribution < 1.29 is 13.2 Å². The lowest BCUT2D eigenvalue weighted by atomic mass is 9.89. The second-order valence-electron chi connectivity index (χ2n) is 6.73. The Morgan fingerprint density at radius 1 is 1.35 bits per heavy atom. The van der Waals surface area contributed by atoms with Crippen molar-refractivity contribution in [3.05, 3.63) is 29.3 Å². The fraction of sp³-hybridized carbons (Fsp3) is 0.588. The predicted octanol–water partition coefficient (Wildman–Crippen LogP) is 1.56. The van der Waals surface area contributed by atoms with Gasteiger partial charge in [-0.3, -0.25) is 4.79 Å². The molecule has 1 fully saturated rings. The number of aryl methyl sites for hydroxylation is 1. The van der Waals surface area contributed by atoms with Crippen LogP contribution in [0.5, 0.6) is 0 Å². The van der Waals surface area contributed by atoms with Gasteiger partial charge >= 0.3 is 0 Å². The molecule has 0 N–H and O–H groups in total. The number of amides is 1. The number of likely N-dealkylation sites (tertiary alicyclic amines) is 1. The molecule has 5 nitrogen and oxygen atoms in total. The predicted molar refractivity (Wildman–Crippen MR) is 91.6 cm³/mol. The molecule has 6 heteroatoms. The molecule has 0 radical (unpaired) electrons. The lowest BCUT2D eigenvalue weighted by Crippen LogP contribution is -2.48. The van der Waals surface area contributed by atoms with Crippen molar-refractivity contribution in [3.63, 3.8) is 0 Å². The van der Waals surface area contributed by atoms with Gasteiger partial charge in [0, 0.05) is 29.9 Å². The van der Waals surface area contributed by atoms with Crippen molar-refractivity contribution in [3.8, 4) is 0 Å². The van der Waals surface area contributed by atoms with E-state index >= 15 is 0 Å². The minimum Gasteiger partial charge on any atom is -0.307 e. The van der Waals surface area contributed by atoms with Crippen molar-refractivity contribution in [2.45, 2.75) is 32.2 Å². The maximum Gasteiger partial charge on any atom is 0.242 e. The van der Waals surface area contributed by atoms with Gasteiger partial charge in [0.2, 0.25) is 5.91 Å². The molecule has 2 heterocycles. The highest BCUT2D eigenvalue weighted by molar-refractivity contribution is 7.92. The van der Waals surface area contributed by atoms with E-state index in [2.05, 4.69) is 18.0 Å². The first-order valence-electron chi connectivity index (χ1n) is 8.14. The number of hydrogen-bond acceptors (Lipinski definition) is 4. The van der Waals surface area contributed by atoms with Crippen LogP contribution >= 0.6 is 0 Å². The Morgan fingerprint density at radius 2 is 2.09 bits per heavy atom. The fourth-order valence-electron chi connectivity index (χ4n) is 3.77. The number of carbonyl (C=O) groups excluding carboxylic acids is 1. The van der Waals surface area contributed by atoms with E-state index in [4.69, 9.17) is 0 Å². The van der Waals surface area contributed by atoms with Crippen LogP contribution < -0.4 is 4.90 Å². The number of rotatable bonds is 3. The summed E-state index contributed by atoms with van der Waals surface area (Å²) in [5.74, 6) is -0.397. The standard InChI is InChI=1S/C17H24N2O3S/c1-4-23(21,22)11-17(20)19-15-6-5-12(2)9-13(15)14-10-18(3)8-7-16(14)19/h5-6,9,14,16H,4,7-8,10-11H2,1-3H3/t14-,16+/m1/s1. The summed E-state index contributed by atoms with van der Waals surface area (Å²) in [6.07, 6.45) is 0.882. The van der Waals surface area contributed by atoms with E-state index in [0.717, 1.165) is 25.2 Å². The molecular weight excluding hydrogens is 312 g/mol. The van der Waals surface area contributed by atoms with Gasteiger partial charge in [-0.2, -0.15) is 0 Å². The number of nitrogens with zero attached hydrogens (tertiary/aromatic N) is 2. The molecule has 0 saturated carbocycles. The zero-order valence-corrected chi connectivity index (χ0v) is 14.8. The number of hydrogen-bond donors (Lipinski definition) is 0. The van der Waals surface area contributed by atoms with Gasteiger partial charge in [0.1, 0.15) is 5.75 Å². The average molecular weight is 336 g/mol. The summed E-state index contributed by atoms with van der Waals surface area (Å²) in [5, 5.41) is 0. The average Bonchev–Trinajstić information content (AvgIpc) is 2.80. The third kappa shape index (κ3) is 3.02. The molecule has 2 aliphatic rings. The highest BCUT2D eigenvalue weighted by Crippen LogP contribution is 2.44. The number of carbonyl (C=O) groups is 1. The van der Waals surface area contributed by atoms with E-state index in [9.17, 15) is 13.2 Å². The molecule has 3 rings (SSSR count). The Morgan fingerprint density at radius 3 is 2.78 bits per heavy atom. The number of fused-ring (bicyclic) bond motifs is 3. The SMILES string of the molecule is CCS(=O)(=O)CC(=O)N1c2ccc(C)cc2[C@H]2CN(C)CC[C@@H]21. The quantitative estimate of drug-likeness (QED) is 0.841. The number of sulfone groups is 1. The first-order chi connectivity index (χ1) is 10.8. The zero-order chi connectivity index (χ0) is 16.8. The molecule has 1 aromatic rings. The van der Waals surface area contributed by atoms with Gasteiger partial charge in [0.15, 0.2) is 9.84 Å². The van der Waals surface area contributed by atoms with Crippen molar-refractivity contribution in [2.24, 2.45) is 0 Å².